The number of carbonyl (C=O) groups excluding carboxylic acids is 1. The monoisotopic (exact) mass is 323 g/mol. The number of anilines is 1. The molecule has 0 aliphatic carbocycles. The number of hydrogen-bond donors (Lipinski definition) is 2. The summed E-state index contributed by atoms with van der Waals surface area (Å²) in [4.78, 5) is 12.3. The first-order valence-corrected chi connectivity index (χ1v) is 7.27. The molecule has 2 rings (SSSR count). The van der Waals surface area contributed by atoms with Crippen LogP contribution in [0, 0.1) is 0 Å². The first-order chi connectivity index (χ1) is 10.5. The zero-order valence-corrected chi connectivity index (χ0v) is 13.3. The van der Waals surface area contributed by atoms with Crippen molar-refractivity contribution in [3.8, 4) is 11.5 Å². The Kier molecular flexibility index (Phi) is 5.10. The number of carbonyl (C=O) groups is 1. The van der Waals surface area contributed by atoms with Crippen LogP contribution in [0.2, 0.25) is 0 Å². The van der Waals surface area contributed by atoms with Crippen LogP contribution in [0.3, 0.4) is 0 Å². The van der Waals surface area contributed by atoms with Crippen molar-refractivity contribution in [2.45, 2.75) is 17.3 Å². The van der Waals surface area contributed by atoms with Crippen LogP contribution in [0.25, 0.3) is 0 Å². The highest BCUT2D eigenvalue weighted by atomic mass is 32.2. The number of nitrogens with one attached hydrogen (secondary N) is 1. The van der Waals surface area contributed by atoms with Crippen molar-refractivity contribution >= 4 is 23.4 Å². The molecule has 1 atom stereocenters. The van der Waals surface area contributed by atoms with E-state index >= 15 is 0 Å². The van der Waals surface area contributed by atoms with Gasteiger partial charge in [-0.2, -0.15) is 0 Å². The van der Waals surface area contributed by atoms with E-state index in [1.807, 2.05) is 0 Å². The summed E-state index contributed by atoms with van der Waals surface area (Å²) in [7, 11) is 3.09. The van der Waals surface area contributed by atoms with Crippen molar-refractivity contribution in [2.75, 3.05) is 25.4 Å². The second-order valence-corrected chi connectivity index (χ2v) is 5.64. The van der Waals surface area contributed by atoms with Gasteiger partial charge in [-0.1, -0.05) is 11.8 Å². The highest BCUT2D eigenvalue weighted by molar-refractivity contribution is 8.00. The molecule has 9 heteroatoms. The lowest BCUT2D eigenvalue weighted by Crippen LogP contribution is -2.23. The van der Waals surface area contributed by atoms with Crippen LogP contribution in [0.15, 0.2) is 29.7 Å². The minimum atomic E-state index is -0.414. The second kappa shape index (κ2) is 7.03. The van der Waals surface area contributed by atoms with Gasteiger partial charge < -0.3 is 20.6 Å². The van der Waals surface area contributed by atoms with Crippen LogP contribution in [0.5, 0.6) is 11.5 Å². The van der Waals surface area contributed by atoms with Crippen molar-refractivity contribution < 1.29 is 14.3 Å². The third-order valence-corrected chi connectivity index (χ3v) is 3.93. The molecule has 0 bridgehead atoms. The Hall–Kier alpha value is -2.42. The number of thioether (sulfide) groups is 1. The van der Waals surface area contributed by atoms with Crippen LogP contribution in [-0.4, -0.2) is 40.3 Å². The van der Waals surface area contributed by atoms with E-state index < -0.39 is 5.25 Å². The Morgan fingerprint density at radius 2 is 2.18 bits per heavy atom. The number of benzene rings is 1. The molecule has 2 aromatic rings. The number of nitrogens with two attached hydrogens (primary N) is 1. The molecule has 0 aliphatic rings. The van der Waals surface area contributed by atoms with Crippen molar-refractivity contribution in [1.29, 1.82) is 0 Å². The molecule has 0 radical (unpaired) electrons. The predicted octanol–water partition coefficient (Wildman–Crippen LogP) is 1.13. The van der Waals surface area contributed by atoms with Gasteiger partial charge >= 0.3 is 0 Å². The summed E-state index contributed by atoms with van der Waals surface area (Å²) in [5.74, 6) is 6.59. The summed E-state index contributed by atoms with van der Waals surface area (Å²) in [6.45, 7) is 1.75. The summed E-state index contributed by atoms with van der Waals surface area (Å²) in [6, 6.07) is 5.17. The maximum atomic E-state index is 12.3. The van der Waals surface area contributed by atoms with E-state index in [0.29, 0.717) is 22.3 Å². The molecule has 0 aliphatic heterocycles. The van der Waals surface area contributed by atoms with Gasteiger partial charge in [0.05, 0.1) is 25.2 Å². The van der Waals surface area contributed by atoms with Crippen LogP contribution in [0.1, 0.15) is 6.92 Å². The fourth-order valence-electron chi connectivity index (χ4n) is 1.67. The van der Waals surface area contributed by atoms with Crippen LogP contribution < -0.4 is 20.6 Å². The van der Waals surface area contributed by atoms with Crippen molar-refractivity contribution in [3.63, 3.8) is 0 Å². The Morgan fingerprint density at radius 3 is 2.77 bits per heavy atom. The Labute approximate surface area is 132 Å². The fraction of sp³-hybridized carbons (Fsp3) is 0.308. The molecular weight excluding hydrogens is 306 g/mol. The number of methoxy groups -OCH3 is 2. The molecule has 118 valence electrons. The minimum absolute atomic E-state index is 0.209. The zero-order valence-electron chi connectivity index (χ0n) is 12.4. The molecule has 8 nitrogen and oxygen atoms in total. The smallest absolute Gasteiger partial charge is 0.237 e. The summed E-state index contributed by atoms with van der Waals surface area (Å²) in [6.07, 6.45) is 1.37. The van der Waals surface area contributed by atoms with Crippen LogP contribution in [-0.2, 0) is 4.79 Å². The SMILES string of the molecule is COc1ccc(OC)c(NC(=O)C(C)Sc2nncn2N)c1. The lowest BCUT2D eigenvalue weighted by Gasteiger charge is -2.14. The molecule has 1 aromatic heterocycles. The van der Waals surface area contributed by atoms with Crippen molar-refractivity contribution in [2.24, 2.45) is 0 Å². The largest absolute Gasteiger partial charge is 0.497 e. The average Bonchev–Trinajstić information content (AvgIpc) is 2.92. The number of aromatic nitrogens is 3. The van der Waals surface area contributed by atoms with E-state index in [4.69, 9.17) is 15.3 Å². The number of nitrogens with zero attached hydrogens (tertiary/aromatic N) is 3. The van der Waals surface area contributed by atoms with E-state index in [-0.39, 0.29) is 5.91 Å². The van der Waals surface area contributed by atoms with Gasteiger partial charge in [-0.3, -0.25) is 4.79 Å². The quantitative estimate of drug-likeness (QED) is 0.606. The summed E-state index contributed by atoms with van der Waals surface area (Å²) in [5, 5.41) is 10.3. The number of ether oxygens (including phenoxy) is 2. The lowest BCUT2D eigenvalue weighted by atomic mass is 10.2. The average molecular weight is 323 g/mol. The molecular formula is C13H17N5O3S. The standard InChI is InChI=1S/C13H17N5O3S/c1-8(22-13-17-15-7-18(13)14)12(19)16-10-6-9(20-2)4-5-11(10)21-3/h4-8H,14H2,1-3H3,(H,16,19). The third kappa shape index (κ3) is 3.61. The van der Waals surface area contributed by atoms with Gasteiger partial charge in [0.15, 0.2) is 0 Å². The molecule has 0 spiro atoms. The third-order valence-electron chi connectivity index (χ3n) is 2.86. The maximum Gasteiger partial charge on any atom is 0.237 e. The summed E-state index contributed by atoms with van der Waals surface area (Å²) >= 11 is 1.21. The van der Waals surface area contributed by atoms with Crippen LogP contribution in [0.4, 0.5) is 5.69 Å². The first-order valence-electron chi connectivity index (χ1n) is 6.39. The van der Waals surface area contributed by atoms with E-state index in [0.717, 1.165) is 0 Å². The predicted molar refractivity (Wildman–Crippen MR) is 83.7 cm³/mol. The van der Waals surface area contributed by atoms with E-state index in [9.17, 15) is 4.79 Å². The van der Waals surface area contributed by atoms with E-state index in [1.165, 1.54) is 29.9 Å². The van der Waals surface area contributed by atoms with Gasteiger partial charge in [0.25, 0.3) is 0 Å². The molecule has 1 heterocycles. The van der Waals surface area contributed by atoms with Crippen LogP contribution >= 0.6 is 11.8 Å². The van der Waals surface area contributed by atoms with E-state index in [1.54, 1.807) is 32.2 Å². The molecule has 22 heavy (non-hydrogen) atoms. The van der Waals surface area contributed by atoms with Gasteiger partial charge in [0.2, 0.25) is 11.1 Å². The van der Waals surface area contributed by atoms with Crippen molar-refractivity contribution in [1.82, 2.24) is 14.9 Å². The second-order valence-electron chi connectivity index (χ2n) is 4.34. The first kappa shape index (κ1) is 16.0. The molecule has 3 N–H and O–H groups in total. The number of nitrogen functional groups attached to an aromatic ring is 1. The molecule has 0 saturated heterocycles. The molecule has 1 aromatic carbocycles. The lowest BCUT2D eigenvalue weighted by molar-refractivity contribution is -0.115. The number of amides is 1. The number of hydrogen-bond acceptors (Lipinski definition) is 7. The van der Waals surface area contributed by atoms with Gasteiger partial charge in [-0.15, -0.1) is 10.2 Å². The Bertz CT molecular complexity index is 661. The van der Waals surface area contributed by atoms with E-state index in [2.05, 4.69) is 15.5 Å². The summed E-state index contributed by atoms with van der Waals surface area (Å²) in [5.41, 5.74) is 0.536. The fourth-order valence-corrected chi connectivity index (χ4v) is 2.42. The maximum absolute atomic E-state index is 12.3. The summed E-state index contributed by atoms with van der Waals surface area (Å²) < 4.78 is 11.6. The number of rotatable bonds is 6. The molecule has 1 amide bonds. The van der Waals surface area contributed by atoms with Crippen molar-refractivity contribution in [3.05, 3.63) is 24.5 Å². The zero-order chi connectivity index (χ0) is 16.1. The minimum Gasteiger partial charge on any atom is -0.497 e. The van der Waals surface area contributed by atoms with Gasteiger partial charge in [-0.25, -0.2) is 4.68 Å². The molecule has 0 fully saturated rings. The highest BCUT2D eigenvalue weighted by Gasteiger charge is 2.19. The highest BCUT2D eigenvalue weighted by Crippen LogP contribution is 2.30. The normalized spacial score (nSPS) is 11.8. The van der Waals surface area contributed by atoms with Gasteiger partial charge in [0.1, 0.15) is 17.8 Å². The van der Waals surface area contributed by atoms with Gasteiger partial charge in [-0.05, 0) is 19.1 Å². The molecule has 1 unspecified atom stereocenters. The van der Waals surface area contributed by atoms with Gasteiger partial charge in [0, 0.05) is 6.07 Å². The Morgan fingerprint density at radius 1 is 1.41 bits per heavy atom. The topological polar surface area (TPSA) is 104 Å². The molecule has 0 saturated carbocycles. The Balaban J connectivity index is 2.09.